The highest BCUT2D eigenvalue weighted by molar-refractivity contribution is 6.20. The molecule has 0 radical (unpaired) electrons. The molecule has 0 spiro atoms. The van der Waals surface area contributed by atoms with Gasteiger partial charge in [0, 0.05) is 17.2 Å². The number of fused-ring (bicyclic) bond motifs is 1. The van der Waals surface area contributed by atoms with Gasteiger partial charge >= 0.3 is 0 Å². The second-order valence-corrected chi connectivity index (χ2v) is 3.22. The molecule has 1 aromatic carbocycles. The molecule has 13 heavy (non-hydrogen) atoms. The Morgan fingerprint density at radius 1 is 1.38 bits per heavy atom. The minimum absolute atomic E-state index is 0.517. The van der Waals surface area contributed by atoms with Crippen molar-refractivity contribution in [3.63, 3.8) is 0 Å². The third-order valence-electron chi connectivity index (χ3n) is 2.18. The zero-order valence-corrected chi connectivity index (χ0v) is 7.84. The molecule has 0 aliphatic carbocycles. The Morgan fingerprint density at radius 2 is 2.08 bits per heavy atom. The van der Waals surface area contributed by atoms with E-state index in [1.54, 1.807) is 0 Å². The molecule has 0 aliphatic rings. The maximum Gasteiger partial charge on any atom is 0.139 e. The van der Waals surface area contributed by atoms with E-state index < -0.39 is 0 Å². The Bertz CT molecular complexity index is 466. The highest BCUT2D eigenvalue weighted by Crippen LogP contribution is 2.25. The predicted molar refractivity (Wildman–Crippen MR) is 52.6 cm³/mol. The molecule has 64 valence electrons. The van der Waals surface area contributed by atoms with Gasteiger partial charge in [-0.05, 0) is 18.6 Å². The smallest absolute Gasteiger partial charge is 0.139 e. The van der Waals surface area contributed by atoms with Crippen LogP contribution in [0, 0.1) is 18.3 Å². The fourth-order valence-corrected chi connectivity index (χ4v) is 1.80. The molecule has 1 aromatic heterocycles. The highest BCUT2D eigenvalue weighted by Gasteiger charge is 2.10. The number of aromatic nitrogens is 1. The summed E-state index contributed by atoms with van der Waals surface area (Å²) < 4.78 is 1.41. The van der Waals surface area contributed by atoms with Gasteiger partial charge in [-0.1, -0.05) is 18.2 Å². The Labute approximate surface area is 81.1 Å². The van der Waals surface area contributed by atoms with Gasteiger partial charge in [-0.2, -0.15) is 5.26 Å². The molecule has 0 atom stereocenters. The first-order chi connectivity index (χ1) is 6.25. The number of hydrogen-bond donors (Lipinski definition) is 0. The standard InChI is InChI=1S/C10H7ClN2/c1-7-8-4-2-3-5-9(8)13(11)10(7)6-12/h2-5H,1H3. The van der Waals surface area contributed by atoms with E-state index in [0.717, 1.165) is 16.5 Å². The number of rotatable bonds is 0. The van der Waals surface area contributed by atoms with Gasteiger partial charge in [-0.3, -0.25) is 0 Å². The Hall–Kier alpha value is -1.46. The summed E-state index contributed by atoms with van der Waals surface area (Å²) >= 11 is 5.96. The van der Waals surface area contributed by atoms with Gasteiger partial charge in [-0.25, -0.2) is 4.09 Å². The molecule has 2 rings (SSSR count). The molecule has 2 nitrogen and oxygen atoms in total. The summed E-state index contributed by atoms with van der Waals surface area (Å²) in [7, 11) is 0. The van der Waals surface area contributed by atoms with Crippen molar-refractivity contribution in [3.05, 3.63) is 35.5 Å². The fraction of sp³-hybridized carbons (Fsp3) is 0.100. The first-order valence-electron chi connectivity index (χ1n) is 3.92. The van der Waals surface area contributed by atoms with Crippen molar-refractivity contribution < 1.29 is 0 Å². The van der Waals surface area contributed by atoms with E-state index in [1.807, 2.05) is 31.2 Å². The fourth-order valence-electron chi connectivity index (χ4n) is 1.48. The normalized spacial score (nSPS) is 10.2. The summed E-state index contributed by atoms with van der Waals surface area (Å²) in [5, 5.41) is 9.88. The van der Waals surface area contributed by atoms with Crippen LogP contribution in [0.2, 0.25) is 0 Å². The van der Waals surface area contributed by atoms with Gasteiger partial charge in [0.2, 0.25) is 0 Å². The highest BCUT2D eigenvalue weighted by atomic mass is 35.5. The largest absolute Gasteiger partial charge is 0.242 e. The third-order valence-corrected chi connectivity index (χ3v) is 2.53. The molecule has 0 amide bonds. The minimum Gasteiger partial charge on any atom is -0.242 e. The van der Waals surface area contributed by atoms with Crippen LogP contribution in [-0.2, 0) is 0 Å². The van der Waals surface area contributed by atoms with Crippen LogP contribution in [0.4, 0.5) is 0 Å². The van der Waals surface area contributed by atoms with E-state index in [-0.39, 0.29) is 0 Å². The van der Waals surface area contributed by atoms with Crippen molar-refractivity contribution in [2.75, 3.05) is 0 Å². The lowest BCUT2D eigenvalue weighted by Crippen LogP contribution is -1.84. The van der Waals surface area contributed by atoms with Gasteiger partial charge in [0.25, 0.3) is 0 Å². The van der Waals surface area contributed by atoms with Crippen molar-refractivity contribution in [2.45, 2.75) is 6.92 Å². The van der Waals surface area contributed by atoms with Crippen molar-refractivity contribution in [1.82, 2.24) is 4.09 Å². The quantitative estimate of drug-likeness (QED) is 0.628. The number of nitriles is 1. The summed E-state index contributed by atoms with van der Waals surface area (Å²) in [5.41, 5.74) is 2.34. The predicted octanol–water partition coefficient (Wildman–Crippen LogP) is 2.82. The van der Waals surface area contributed by atoms with Crippen LogP contribution in [0.5, 0.6) is 0 Å². The van der Waals surface area contributed by atoms with E-state index in [0.29, 0.717) is 5.69 Å². The second-order valence-electron chi connectivity index (χ2n) is 2.88. The van der Waals surface area contributed by atoms with Gasteiger partial charge in [-0.15, -0.1) is 0 Å². The van der Waals surface area contributed by atoms with E-state index in [2.05, 4.69) is 6.07 Å². The monoisotopic (exact) mass is 190 g/mol. The molecule has 2 aromatic rings. The lowest BCUT2D eigenvalue weighted by Gasteiger charge is -1.91. The Morgan fingerprint density at radius 3 is 2.69 bits per heavy atom. The molecule has 0 unspecified atom stereocenters. The van der Waals surface area contributed by atoms with Crippen molar-refractivity contribution in [1.29, 1.82) is 5.26 Å². The maximum atomic E-state index is 8.85. The van der Waals surface area contributed by atoms with Crippen LogP contribution in [0.1, 0.15) is 11.3 Å². The number of hydrogen-bond acceptors (Lipinski definition) is 1. The number of nitrogens with zero attached hydrogens (tertiary/aromatic N) is 2. The molecular weight excluding hydrogens is 184 g/mol. The SMILES string of the molecule is Cc1c(C#N)n(Cl)c2ccccc12. The zero-order chi connectivity index (χ0) is 9.42. The third kappa shape index (κ3) is 1.01. The van der Waals surface area contributed by atoms with E-state index in [9.17, 15) is 0 Å². The summed E-state index contributed by atoms with van der Waals surface area (Å²) in [6, 6.07) is 9.79. The Kier molecular flexibility index (Phi) is 1.75. The molecular formula is C10H7ClN2. The summed E-state index contributed by atoms with van der Waals surface area (Å²) in [6.45, 7) is 1.90. The van der Waals surface area contributed by atoms with Crippen molar-refractivity contribution in [3.8, 4) is 6.07 Å². The lowest BCUT2D eigenvalue weighted by atomic mass is 10.2. The summed E-state index contributed by atoms with van der Waals surface area (Å²) in [4.78, 5) is 0. The minimum atomic E-state index is 0.517. The van der Waals surface area contributed by atoms with Gasteiger partial charge < -0.3 is 0 Å². The van der Waals surface area contributed by atoms with E-state index >= 15 is 0 Å². The van der Waals surface area contributed by atoms with Gasteiger partial charge in [0.15, 0.2) is 0 Å². The average molecular weight is 191 g/mol. The zero-order valence-electron chi connectivity index (χ0n) is 7.08. The Balaban J connectivity index is 2.99. The first-order valence-corrected chi connectivity index (χ1v) is 4.26. The first kappa shape index (κ1) is 8.15. The van der Waals surface area contributed by atoms with Crippen LogP contribution in [0.25, 0.3) is 10.9 Å². The summed E-state index contributed by atoms with van der Waals surface area (Å²) in [5.74, 6) is 0. The van der Waals surface area contributed by atoms with Crippen molar-refractivity contribution in [2.24, 2.45) is 0 Å². The molecule has 1 heterocycles. The van der Waals surface area contributed by atoms with E-state index in [4.69, 9.17) is 17.0 Å². The number of aryl methyl sites for hydroxylation is 1. The number of halogens is 1. The lowest BCUT2D eigenvalue weighted by molar-refractivity contribution is 1.23. The number of para-hydroxylation sites is 1. The van der Waals surface area contributed by atoms with Crippen LogP contribution < -0.4 is 0 Å². The van der Waals surface area contributed by atoms with Crippen molar-refractivity contribution >= 4 is 22.7 Å². The molecule has 0 saturated heterocycles. The summed E-state index contributed by atoms with van der Waals surface area (Å²) in [6.07, 6.45) is 0. The molecule has 0 N–H and O–H groups in total. The number of benzene rings is 1. The van der Waals surface area contributed by atoms with Crippen LogP contribution in [0.15, 0.2) is 24.3 Å². The van der Waals surface area contributed by atoms with Crippen LogP contribution >= 0.6 is 11.8 Å². The molecule has 0 aliphatic heterocycles. The van der Waals surface area contributed by atoms with E-state index in [1.165, 1.54) is 4.09 Å². The molecule has 0 bridgehead atoms. The molecule has 0 saturated carbocycles. The van der Waals surface area contributed by atoms with Crippen LogP contribution in [0.3, 0.4) is 0 Å². The van der Waals surface area contributed by atoms with Crippen LogP contribution in [-0.4, -0.2) is 4.09 Å². The second kappa shape index (κ2) is 2.79. The maximum absolute atomic E-state index is 8.85. The average Bonchev–Trinajstić information content (AvgIpc) is 2.41. The van der Waals surface area contributed by atoms with Gasteiger partial charge in [0.05, 0.1) is 5.52 Å². The topological polar surface area (TPSA) is 28.7 Å². The van der Waals surface area contributed by atoms with Gasteiger partial charge in [0.1, 0.15) is 11.8 Å². The molecule has 0 fully saturated rings. The molecule has 3 heteroatoms.